The molecule has 2 aromatic carbocycles. The molecule has 0 saturated heterocycles. The molecule has 1 heterocycles. The second kappa shape index (κ2) is 5.37. The Balaban J connectivity index is 2.32. The van der Waals surface area contributed by atoms with E-state index in [-0.39, 0.29) is 0 Å². The number of aryl methyl sites for hydroxylation is 1. The first-order valence-electron chi connectivity index (χ1n) is 6.31. The number of anilines is 1. The van der Waals surface area contributed by atoms with Crippen LogP contribution in [0.4, 0.5) is 5.69 Å². The molecule has 1 aromatic heterocycles. The van der Waals surface area contributed by atoms with Gasteiger partial charge in [0.1, 0.15) is 5.82 Å². The van der Waals surface area contributed by atoms with Gasteiger partial charge in [0.25, 0.3) is 0 Å². The van der Waals surface area contributed by atoms with E-state index >= 15 is 0 Å². The van der Waals surface area contributed by atoms with Crippen LogP contribution in [-0.2, 0) is 6.54 Å². The standard InChI is InChI=1S/C15H13BrIN3/c1-2-20-14-6-3-9(16)7-13(14)19-15(20)11-8-10(17)4-5-12(11)18/h3-8H,2,18H2,1H3. The van der Waals surface area contributed by atoms with Crippen molar-refractivity contribution < 1.29 is 0 Å². The highest BCUT2D eigenvalue weighted by atomic mass is 127. The number of imidazole rings is 1. The molecule has 0 spiro atoms. The Labute approximate surface area is 139 Å². The lowest BCUT2D eigenvalue weighted by atomic mass is 10.1. The maximum absolute atomic E-state index is 6.13. The molecule has 0 bridgehead atoms. The van der Waals surface area contributed by atoms with E-state index in [2.05, 4.69) is 62.1 Å². The molecule has 3 rings (SSSR count). The monoisotopic (exact) mass is 441 g/mol. The molecule has 0 saturated carbocycles. The minimum Gasteiger partial charge on any atom is -0.398 e. The van der Waals surface area contributed by atoms with Gasteiger partial charge in [0, 0.05) is 25.8 Å². The largest absolute Gasteiger partial charge is 0.398 e. The molecular formula is C15H13BrIN3. The average Bonchev–Trinajstić information content (AvgIpc) is 2.78. The van der Waals surface area contributed by atoms with Gasteiger partial charge in [-0.1, -0.05) is 15.9 Å². The van der Waals surface area contributed by atoms with Gasteiger partial charge in [0.15, 0.2) is 0 Å². The highest BCUT2D eigenvalue weighted by molar-refractivity contribution is 14.1. The number of hydrogen-bond donors (Lipinski definition) is 1. The van der Waals surface area contributed by atoms with Crippen LogP contribution < -0.4 is 5.73 Å². The first kappa shape index (κ1) is 13.9. The van der Waals surface area contributed by atoms with E-state index in [0.717, 1.165) is 42.7 Å². The summed E-state index contributed by atoms with van der Waals surface area (Å²) in [4.78, 5) is 4.77. The number of nitrogens with zero attached hydrogens (tertiary/aromatic N) is 2. The summed E-state index contributed by atoms with van der Waals surface area (Å²) in [6.07, 6.45) is 0. The summed E-state index contributed by atoms with van der Waals surface area (Å²) in [6.45, 7) is 2.98. The Bertz CT molecular complexity index is 795. The first-order valence-corrected chi connectivity index (χ1v) is 8.18. The third-order valence-corrected chi connectivity index (χ3v) is 4.45. The molecule has 102 valence electrons. The fraction of sp³-hybridized carbons (Fsp3) is 0.133. The Morgan fingerprint density at radius 2 is 2.05 bits per heavy atom. The van der Waals surface area contributed by atoms with Crippen molar-refractivity contribution in [1.82, 2.24) is 9.55 Å². The van der Waals surface area contributed by atoms with Gasteiger partial charge in [0.05, 0.1) is 11.0 Å². The molecule has 0 fully saturated rings. The number of fused-ring (bicyclic) bond motifs is 1. The summed E-state index contributed by atoms with van der Waals surface area (Å²) in [6, 6.07) is 12.2. The van der Waals surface area contributed by atoms with E-state index in [9.17, 15) is 0 Å². The van der Waals surface area contributed by atoms with Crippen LogP contribution in [0.1, 0.15) is 6.92 Å². The zero-order valence-electron chi connectivity index (χ0n) is 10.9. The van der Waals surface area contributed by atoms with Crippen molar-refractivity contribution in [3.05, 3.63) is 44.4 Å². The van der Waals surface area contributed by atoms with E-state index in [4.69, 9.17) is 10.7 Å². The van der Waals surface area contributed by atoms with E-state index in [1.165, 1.54) is 0 Å². The Hall–Kier alpha value is -1.08. The van der Waals surface area contributed by atoms with Gasteiger partial charge in [-0.05, 0) is 65.9 Å². The molecule has 0 amide bonds. The van der Waals surface area contributed by atoms with Gasteiger partial charge in [-0.3, -0.25) is 0 Å². The fourth-order valence-corrected chi connectivity index (χ4v) is 3.19. The Kier molecular flexibility index (Phi) is 3.72. The lowest BCUT2D eigenvalue weighted by molar-refractivity contribution is 0.796. The predicted molar refractivity (Wildman–Crippen MR) is 95.7 cm³/mol. The quantitative estimate of drug-likeness (QED) is 0.463. The first-order chi connectivity index (χ1) is 9.60. The summed E-state index contributed by atoms with van der Waals surface area (Å²) < 4.78 is 4.39. The highest BCUT2D eigenvalue weighted by Crippen LogP contribution is 2.31. The van der Waals surface area contributed by atoms with Crippen LogP contribution in [-0.4, -0.2) is 9.55 Å². The van der Waals surface area contributed by atoms with E-state index in [1.807, 2.05) is 24.3 Å². The molecule has 20 heavy (non-hydrogen) atoms. The van der Waals surface area contributed by atoms with Crippen molar-refractivity contribution in [2.45, 2.75) is 13.5 Å². The third kappa shape index (κ3) is 2.33. The summed E-state index contributed by atoms with van der Waals surface area (Å²) in [7, 11) is 0. The number of benzene rings is 2. The zero-order valence-corrected chi connectivity index (χ0v) is 14.6. The predicted octanol–water partition coefficient (Wildman–Crippen LogP) is 4.67. The van der Waals surface area contributed by atoms with Crippen LogP contribution in [0.5, 0.6) is 0 Å². The van der Waals surface area contributed by atoms with Gasteiger partial charge in [0.2, 0.25) is 0 Å². The van der Waals surface area contributed by atoms with Gasteiger partial charge < -0.3 is 10.3 Å². The van der Waals surface area contributed by atoms with Crippen molar-refractivity contribution in [2.75, 3.05) is 5.73 Å². The van der Waals surface area contributed by atoms with Gasteiger partial charge in [-0.15, -0.1) is 0 Å². The summed E-state index contributed by atoms with van der Waals surface area (Å²) in [5.74, 6) is 0.927. The van der Waals surface area contributed by atoms with Gasteiger partial charge >= 0.3 is 0 Å². The van der Waals surface area contributed by atoms with Crippen LogP contribution >= 0.6 is 38.5 Å². The number of aromatic nitrogens is 2. The van der Waals surface area contributed by atoms with Gasteiger partial charge in [-0.2, -0.15) is 0 Å². The smallest absolute Gasteiger partial charge is 0.143 e. The molecule has 0 aliphatic heterocycles. The maximum atomic E-state index is 6.13. The molecule has 2 N–H and O–H groups in total. The normalized spacial score (nSPS) is 11.2. The third-order valence-electron chi connectivity index (χ3n) is 3.28. The second-order valence-electron chi connectivity index (χ2n) is 4.54. The molecule has 0 aliphatic rings. The lowest BCUT2D eigenvalue weighted by Gasteiger charge is -2.09. The maximum Gasteiger partial charge on any atom is 0.143 e. The number of nitrogen functional groups attached to an aromatic ring is 1. The second-order valence-corrected chi connectivity index (χ2v) is 6.71. The molecule has 0 atom stereocenters. The Morgan fingerprint density at radius 1 is 1.25 bits per heavy atom. The van der Waals surface area contributed by atoms with E-state index < -0.39 is 0 Å². The molecule has 0 unspecified atom stereocenters. The molecular weight excluding hydrogens is 429 g/mol. The van der Waals surface area contributed by atoms with E-state index in [0.29, 0.717) is 0 Å². The molecule has 3 nitrogen and oxygen atoms in total. The highest BCUT2D eigenvalue weighted by Gasteiger charge is 2.14. The molecule has 0 radical (unpaired) electrons. The van der Waals surface area contributed by atoms with Crippen molar-refractivity contribution in [3.8, 4) is 11.4 Å². The molecule has 5 heteroatoms. The van der Waals surface area contributed by atoms with Crippen molar-refractivity contribution >= 4 is 55.2 Å². The van der Waals surface area contributed by atoms with Crippen molar-refractivity contribution in [3.63, 3.8) is 0 Å². The van der Waals surface area contributed by atoms with Crippen LogP contribution in [0, 0.1) is 3.57 Å². The lowest BCUT2D eigenvalue weighted by Crippen LogP contribution is -2.00. The minimum absolute atomic E-state index is 0.759. The van der Waals surface area contributed by atoms with Gasteiger partial charge in [-0.25, -0.2) is 4.98 Å². The van der Waals surface area contributed by atoms with Crippen molar-refractivity contribution in [1.29, 1.82) is 0 Å². The number of rotatable bonds is 2. The fourth-order valence-electron chi connectivity index (χ4n) is 2.35. The van der Waals surface area contributed by atoms with Crippen molar-refractivity contribution in [2.24, 2.45) is 0 Å². The van der Waals surface area contributed by atoms with Crippen LogP contribution in [0.15, 0.2) is 40.9 Å². The zero-order chi connectivity index (χ0) is 14.3. The number of hydrogen-bond acceptors (Lipinski definition) is 2. The number of nitrogens with two attached hydrogens (primary N) is 1. The SMILES string of the molecule is CCn1c(-c2cc(I)ccc2N)nc2cc(Br)ccc21. The molecule has 0 aliphatic carbocycles. The summed E-state index contributed by atoms with van der Waals surface area (Å²) in [5.41, 5.74) is 9.99. The van der Waals surface area contributed by atoms with E-state index in [1.54, 1.807) is 0 Å². The summed E-state index contributed by atoms with van der Waals surface area (Å²) in [5, 5.41) is 0. The summed E-state index contributed by atoms with van der Waals surface area (Å²) >= 11 is 5.79. The van der Waals surface area contributed by atoms with Crippen LogP contribution in [0.2, 0.25) is 0 Å². The minimum atomic E-state index is 0.759. The van der Waals surface area contributed by atoms with Crippen LogP contribution in [0.3, 0.4) is 0 Å². The topological polar surface area (TPSA) is 43.8 Å². The number of halogens is 2. The average molecular weight is 442 g/mol. The molecule has 3 aromatic rings. The Morgan fingerprint density at radius 3 is 2.80 bits per heavy atom. The van der Waals surface area contributed by atoms with Crippen LogP contribution in [0.25, 0.3) is 22.4 Å².